The highest BCUT2D eigenvalue weighted by Gasteiger charge is 2.65. The molecule has 4 aromatic carbocycles. The van der Waals surface area contributed by atoms with Crippen LogP contribution in [0.5, 0.6) is 17.2 Å². The fraction of sp³-hybridized carbons (Fsp3) is 0.440. The summed E-state index contributed by atoms with van der Waals surface area (Å²) in [6, 6.07) is 24.9. The van der Waals surface area contributed by atoms with Gasteiger partial charge in [-0.05, 0) is 104 Å². The molecule has 7 rings (SSSR count). The second kappa shape index (κ2) is 19.7. The molecule has 1 heterocycles. The Morgan fingerprint density at radius 1 is 0.984 bits per heavy atom. The molecule has 3 aliphatic rings. The van der Waals surface area contributed by atoms with Crippen LogP contribution in [-0.4, -0.2) is 76.2 Å². The molecule has 0 saturated heterocycles. The number of nitro benzene ring substituents is 1. The molecule has 1 saturated carbocycles. The first kappa shape index (κ1) is 45.3. The van der Waals surface area contributed by atoms with E-state index < -0.39 is 34.4 Å². The summed E-state index contributed by atoms with van der Waals surface area (Å²) >= 11 is 0. The van der Waals surface area contributed by atoms with Crippen LogP contribution in [0.4, 0.5) is 10.5 Å². The number of allylic oxidation sites excluding steroid dienone is 1. The van der Waals surface area contributed by atoms with Crippen molar-refractivity contribution in [2.45, 2.75) is 95.6 Å². The Labute approximate surface area is 369 Å². The Balaban J connectivity index is 1.47. The number of ether oxygens (including phenoxy) is 4. The van der Waals surface area contributed by atoms with Gasteiger partial charge in [-0.3, -0.25) is 15.0 Å². The molecule has 0 radical (unpaired) electrons. The van der Waals surface area contributed by atoms with Crippen molar-refractivity contribution >= 4 is 28.3 Å². The second-order valence-corrected chi connectivity index (χ2v) is 17.6. The number of non-ortho nitro benzene ring substituents is 1. The van der Waals surface area contributed by atoms with Crippen LogP contribution < -0.4 is 9.47 Å². The van der Waals surface area contributed by atoms with E-state index in [-0.39, 0.29) is 56.2 Å². The zero-order chi connectivity index (χ0) is 44.7. The minimum atomic E-state index is -1.51. The summed E-state index contributed by atoms with van der Waals surface area (Å²) in [4.78, 5) is 33.6. The first-order valence-electron chi connectivity index (χ1n) is 21.9. The average molecular weight is 862 g/mol. The lowest BCUT2D eigenvalue weighted by molar-refractivity contribution is -0.384. The average Bonchev–Trinajstić information content (AvgIpc) is 3.27. The molecular weight excluding hydrogens is 803 g/mol. The maximum atomic E-state index is 14.5. The number of unbranched alkanes of at least 4 members (excludes halogenated alkanes) is 2. The molecule has 13 nitrogen and oxygen atoms in total. The van der Waals surface area contributed by atoms with E-state index in [9.17, 15) is 25.1 Å². The molecule has 1 amide bonds. The Kier molecular flexibility index (Phi) is 14.2. The molecular formula is C50H59N3O10. The Morgan fingerprint density at radius 2 is 1.71 bits per heavy atom. The number of methoxy groups -OCH3 is 1. The van der Waals surface area contributed by atoms with Crippen LogP contribution in [0.15, 0.2) is 114 Å². The normalized spacial score (nSPS) is 23.2. The van der Waals surface area contributed by atoms with Gasteiger partial charge in [0.1, 0.15) is 28.9 Å². The van der Waals surface area contributed by atoms with Gasteiger partial charge in [0, 0.05) is 37.2 Å². The Hall–Kier alpha value is -5.76. The highest BCUT2D eigenvalue weighted by Crippen LogP contribution is 2.62. The highest BCUT2D eigenvalue weighted by atomic mass is 16.7. The molecule has 4 aromatic rings. The number of carbonyl (C=O) groups excluding carboxylic acids is 1. The van der Waals surface area contributed by atoms with E-state index in [2.05, 4.69) is 12.7 Å². The summed E-state index contributed by atoms with van der Waals surface area (Å²) in [5, 5.41) is 38.5. The number of benzene rings is 4. The predicted molar refractivity (Wildman–Crippen MR) is 241 cm³/mol. The van der Waals surface area contributed by atoms with E-state index in [4.69, 9.17) is 28.9 Å². The number of hydrogen-bond acceptors (Lipinski definition) is 11. The highest BCUT2D eigenvalue weighted by molar-refractivity contribution is 6.03. The summed E-state index contributed by atoms with van der Waals surface area (Å²) in [5.41, 5.74) is 2.58. The third-order valence-corrected chi connectivity index (χ3v) is 12.3. The Morgan fingerprint density at radius 3 is 2.44 bits per heavy atom. The lowest BCUT2D eigenvalue weighted by Gasteiger charge is -2.60. The van der Waals surface area contributed by atoms with Crippen LogP contribution in [0.2, 0.25) is 0 Å². The lowest BCUT2D eigenvalue weighted by Crippen LogP contribution is -2.70. The predicted octanol–water partition coefficient (Wildman–Crippen LogP) is 10.2. The van der Waals surface area contributed by atoms with Gasteiger partial charge in [-0.15, -0.1) is 6.58 Å². The van der Waals surface area contributed by atoms with E-state index in [1.807, 2.05) is 75.4 Å². The number of oxime groups is 1. The number of fused-ring (bicyclic) bond motifs is 3. The van der Waals surface area contributed by atoms with E-state index in [1.54, 1.807) is 29.2 Å². The second-order valence-electron chi connectivity index (χ2n) is 17.6. The van der Waals surface area contributed by atoms with Crippen molar-refractivity contribution in [2.24, 2.45) is 22.9 Å². The summed E-state index contributed by atoms with van der Waals surface area (Å²) in [7, 11) is 1.37. The van der Waals surface area contributed by atoms with Gasteiger partial charge >= 0.3 is 6.09 Å². The van der Waals surface area contributed by atoms with Crippen molar-refractivity contribution < 1.29 is 43.7 Å². The molecule has 2 aliphatic carbocycles. The van der Waals surface area contributed by atoms with Crippen molar-refractivity contribution in [1.29, 1.82) is 0 Å². The van der Waals surface area contributed by atoms with Gasteiger partial charge in [0.25, 0.3) is 5.69 Å². The third-order valence-electron chi connectivity index (χ3n) is 12.3. The van der Waals surface area contributed by atoms with Crippen LogP contribution in [-0.2, 0) is 20.9 Å². The van der Waals surface area contributed by atoms with Crippen LogP contribution in [0, 0.1) is 27.9 Å². The largest absolute Gasteiger partial charge is 0.459 e. The van der Waals surface area contributed by atoms with Crippen molar-refractivity contribution in [3.8, 4) is 17.2 Å². The number of hydrogen-bond donors (Lipinski definition) is 2. The van der Waals surface area contributed by atoms with Crippen LogP contribution >= 0.6 is 0 Å². The molecule has 63 heavy (non-hydrogen) atoms. The van der Waals surface area contributed by atoms with Crippen molar-refractivity contribution in [1.82, 2.24) is 4.90 Å². The lowest BCUT2D eigenvalue weighted by atomic mass is 9.55. The summed E-state index contributed by atoms with van der Waals surface area (Å²) in [5.74, 6) is -1.09. The fourth-order valence-electron chi connectivity index (χ4n) is 9.73. The van der Waals surface area contributed by atoms with Gasteiger partial charge in [0.05, 0.1) is 42.9 Å². The van der Waals surface area contributed by atoms with Crippen LogP contribution in [0.3, 0.4) is 0 Å². The molecule has 1 fully saturated rings. The van der Waals surface area contributed by atoms with E-state index in [0.717, 1.165) is 53.2 Å². The summed E-state index contributed by atoms with van der Waals surface area (Å²) in [6.07, 6.45) is 7.91. The number of rotatable bonds is 18. The van der Waals surface area contributed by atoms with Gasteiger partial charge in [-0.25, -0.2) is 4.79 Å². The van der Waals surface area contributed by atoms with Gasteiger partial charge in [0.15, 0.2) is 0 Å². The van der Waals surface area contributed by atoms with Gasteiger partial charge in [-0.1, -0.05) is 78.7 Å². The number of nitro groups is 1. The van der Waals surface area contributed by atoms with E-state index in [1.165, 1.54) is 19.2 Å². The number of aliphatic hydroxyl groups is 2. The maximum absolute atomic E-state index is 14.5. The molecule has 0 unspecified atom stereocenters. The zero-order valence-electron chi connectivity index (χ0n) is 36.6. The SMILES string of the molecule is C=CCO[C@@]12Oc3ccc(Oc4cccc([N+](=O)[O-])c4)cc3[C@H]3[C@H](CCCCO)[C@@H](CCCCO)C=C(C(=NOC(C)(C)C)C[C@@H]1N(Cc1cccc4ccccc14)C(=O)OC)[C@H]32. The van der Waals surface area contributed by atoms with Crippen LogP contribution in [0.25, 0.3) is 10.8 Å². The first-order chi connectivity index (χ1) is 30.4. The molecule has 0 aromatic heterocycles. The molecule has 6 atom stereocenters. The standard InChI is InChI=1S/C50H59N3O10/c1-6-27-60-50-45(52(48(56)59-5)32-35-18-13-17-33-15-7-8-21-39(33)35)31-43(51-63-49(2,3)4)41-28-34(16-9-11-25-54)40(22-10-12-26-55)46(47(41)50)42-30-38(23-24-44(42)62-50)61-37-20-14-19-36(29-37)53(57)58/h6-8,13-15,17-21,23-24,28-30,34,40,45-47,54-55H,1,9-12,16,22,25-27,31-32H2,2-5H3/t34-,40+,45-,46+,47+,50+/m0/s1. The van der Waals surface area contributed by atoms with Gasteiger partial charge in [-0.2, -0.15) is 0 Å². The number of carbonyl (C=O) groups is 1. The number of aliphatic hydroxyl groups excluding tert-OH is 2. The quantitative estimate of drug-likeness (QED) is 0.0426. The number of amides is 1. The van der Waals surface area contributed by atoms with Gasteiger partial charge < -0.3 is 34.0 Å². The molecule has 0 bridgehead atoms. The topological polar surface area (TPSA) is 162 Å². The third kappa shape index (κ3) is 9.75. The van der Waals surface area contributed by atoms with Gasteiger partial charge in [0.2, 0.25) is 5.79 Å². The van der Waals surface area contributed by atoms with Crippen molar-refractivity contribution in [3.63, 3.8) is 0 Å². The molecule has 1 aliphatic heterocycles. The molecule has 2 N–H and O–H groups in total. The smallest absolute Gasteiger partial charge is 0.410 e. The maximum Gasteiger partial charge on any atom is 0.410 e. The molecule has 13 heteroatoms. The fourth-order valence-corrected chi connectivity index (χ4v) is 9.73. The van der Waals surface area contributed by atoms with Crippen LogP contribution in [0.1, 0.15) is 82.8 Å². The minimum absolute atomic E-state index is 0.0136. The summed E-state index contributed by atoms with van der Waals surface area (Å²) < 4.78 is 26.4. The minimum Gasteiger partial charge on any atom is -0.459 e. The zero-order valence-corrected chi connectivity index (χ0v) is 36.6. The van der Waals surface area contributed by atoms with E-state index in [0.29, 0.717) is 35.8 Å². The van der Waals surface area contributed by atoms with E-state index >= 15 is 0 Å². The van der Waals surface area contributed by atoms with Crippen molar-refractivity contribution in [3.05, 3.63) is 130 Å². The molecule has 0 spiro atoms. The van der Waals surface area contributed by atoms with Crippen molar-refractivity contribution in [2.75, 3.05) is 26.9 Å². The monoisotopic (exact) mass is 861 g/mol. The number of nitrogens with zero attached hydrogens (tertiary/aromatic N) is 3. The molecule has 334 valence electrons. The Bertz CT molecular complexity index is 2330. The first-order valence-corrected chi connectivity index (χ1v) is 21.9. The summed E-state index contributed by atoms with van der Waals surface area (Å²) in [6.45, 7) is 10.2.